The molecule has 7 aliphatic rings. The number of benzene rings is 3. The van der Waals surface area contributed by atoms with Gasteiger partial charge in [0.25, 0.3) is 0 Å². The average molecular weight is 839 g/mol. The smallest absolute Gasteiger partial charge is 0.330 e. The van der Waals surface area contributed by atoms with Crippen LogP contribution in [-0.4, -0.2) is 100 Å². The Hall–Kier alpha value is -4.67. The molecular formula is C45H50N4O10S. The van der Waals surface area contributed by atoms with Crippen LogP contribution >= 0.6 is 11.8 Å². The van der Waals surface area contributed by atoms with Gasteiger partial charge in [-0.1, -0.05) is 0 Å². The first-order valence-corrected chi connectivity index (χ1v) is 21.9. The molecule has 4 aromatic rings. The normalized spacial score (nSPS) is 32.7. The number of aromatic nitrogens is 1. The topological polar surface area (TPSA) is 164 Å². The van der Waals surface area contributed by atoms with E-state index in [2.05, 4.69) is 40.0 Å². The molecule has 11 rings (SSSR count). The summed E-state index contributed by atoms with van der Waals surface area (Å²) in [5, 5.41) is 26.7. The lowest BCUT2D eigenvalue weighted by atomic mass is 9.72. The number of rotatable bonds is 7. The van der Waals surface area contributed by atoms with Gasteiger partial charge in [-0.15, -0.1) is 0 Å². The maximum atomic E-state index is 15.5. The van der Waals surface area contributed by atoms with Gasteiger partial charge in [0, 0.05) is 87.9 Å². The zero-order chi connectivity index (χ0) is 41.9. The Morgan fingerprint density at radius 3 is 2.57 bits per heavy atom. The van der Waals surface area contributed by atoms with Gasteiger partial charge in [-0.2, -0.15) is 11.8 Å². The second kappa shape index (κ2) is 12.7. The van der Waals surface area contributed by atoms with Crippen LogP contribution in [0.25, 0.3) is 10.9 Å². The van der Waals surface area contributed by atoms with Crippen molar-refractivity contribution in [2.45, 2.75) is 106 Å². The summed E-state index contributed by atoms with van der Waals surface area (Å²) in [5.41, 5.74) is 5.10. The number of carbonyl (C=O) groups is 2. The first-order valence-electron chi connectivity index (χ1n) is 20.7. The number of aromatic hydroxyl groups is 1. The van der Waals surface area contributed by atoms with Crippen molar-refractivity contribution in [3.63, 3.8) is 0 Å². The maximum Gasteiger partial charge on any atom is 0.330 e. The summed E-state index contributed by atoms with van der Waals surface area (Å²) >= 11 is 1.61. The van der Waals surface area contributed by atoms with Crippen LogP contribution in [0.3, 0.4) is 0 Å². The lowest BCUT2D eigenvalue weighted by Crippen LogP contribution is -2.69. The van der Waals surface area contributed by atoms with E-state index in [1.54, 1.807) is 26.0 Å². The number of aliphatic hydroxyl groups excluding tert-OH is 1. The molecule has 7 heterocycles. The number of esters is 2. The van der Waals surface area contributed by atoms with E-state index in [9.17, 15) is 15.0 Å². The van der Waals surface area contributed by atoms with E-state index in [-0.39, 0.29) is 42.8 Å². The molecule has 0 radical (unpaired) electrons. The summed E-state index contributed by atoms with van der Waals surface area (Å²) in [6.45, 7) is 10.4. The number of aromatic amines is 1. The second-order valence-corrected chi connectivity index (χ2v) is 19.1. The molecule has 3 saturated heterocycles. The number of fused-ring (bicyclic) bond motifs is 18. The van der Waals surface area contributed by atoms with Gasteiger partial charge in [-0.05, 0) is 87.7 Å². The number of phenols is 1. The summed E-state index contributed by atoms with van der Waals surface area (Å²) < 4.78 is 37.4. The van der Waals surface area contributed by atoms with Gasteiger partial charge in [0.05, 0.1) is 32.1 Å². The number of thioether (sulfide) groups is 1. The molecule has 0 spiro atoms. The molecule has 60 heavy (non-hydrogen) atoms. The molecule has 9 atom stereocenters. The van der Waals surface area contributed by atoms with Gasteiger partial charge in [0.2, 0.25) is 6.79 Å². The van der Waals surface area contributed by atoms with E-state index in [1.165, 1.54) is 6.92 Å². The minimum Gasteiger partial charge on any atom is -0.504 e. The van der Waals surface area contributed by atoms with E-state index < -0.39 is 40.4 Å². The van der Waals surface area contributed by atoms with Crippen LogP contribution in [0, 0.1) is 13.8 Å². The Morgan fingerprint density at radius 2 is 1.85 bits per heavy atom. The Labute approximate surface area is 351 Å². The first kappa shape index (κ1) is 38.3. The number of piperidine rings is 1. The van der Waals surface area contributed by atoms with Gasteiger partial charge in [0.15, 0.2) is 28.6 Å². The largest absolute Gasteiger partial charge is 0.504 e. The molecule has 3 fully saturated rings. The number of ether oxygens (including phenoxy) is 6. The third-order valence-electron chi connectivity index (χ3n) is 15.0. The number of piperazine rings is 1. The number of methoxy groups -OCH3 is 2. The first-order chi connectivity index (χ1) is 28.7. The van der Waals surface area contributed by atoms with Gasteiger partial charge in [0.1, 0.15) is 17.5 Å². The van der Waals surface area contributed by atoms with Crippen LogP contribution in [0.15, 0.2) is 24.3 Å². The number of nitrogens with zero attached hydrogens (tertiary/aromatic N) is 2. The fraction of sp³-hybridized carbons (Fsp3) is 0.511. The van der Waals surface area contributed by atoms with Gasteiger partial charge < -0.3 is 43.6 Å². The molecular weight excluding hydrogens is 789 g/mol. The maximum absolute atomic E-state index is 15.5. The highest BCUT2D eigenvalue weighted by atomic mass is 32.2. The highest BCUT2D eigenvalue weighted by Crippen LogP contribution is 2.74. The molecule has 2 unspecified atom stereocenters. The van der Waals surface area contributed by atoms with E-state index in [0.29, 0.717) is 58.4 Å². The van der Waals surface area contributed by atoms with E-state index in [0.717, 1.165) is 51.7 Å². The second-order valence-electron chi connectivity index (χ2n) is 18.2. The van der Waals surface area contributed by atoms with Crippen molar-refractivity contribution in [2.75, 3.05) is 40.4 Å². The molecule has 0 saturated carbocycles. The van der Waals surface area contributed by atoms with Crippen LogP contribution < -0.4 is 29.0 Å². The Morgan fingerprint density at radius 1 is 1.07 bits per heavy atom. The Balaban J connectivity index is 1.15. The standard InChI is InChI=1S/C45H50N4O10S/c1-19-11-26-29(36(52)37(19)55-7)34-35-41(60-8)45(59-42(53)33-32-25(12-22(15-50)46-33)24-13-23(54-6)9-10-27(24)47-32)14-28(49(35)43(4)16-44(26,5)48(34)17-43)30-31(45)38(58-21(3)51)20(2)39-40(30)57-18-56-39/h9-11,13,22,28,33-35,41,46-47,50,52H,12,14-18H2,1-8H3/t22-,28-,33+,34+,35+,41-,43+,44?,45?/m0/s1. The lowest BCUT2D eigenvalue weighted by Gasteiger charge is -2.60. The molecule has 15 heteroatoms. The Kier molecular flexibility index (Phi) is 8.10. The number of phenolic OH excluding ortho intramolecular Hbond substituents is 1. The van der Waals surface area contributed by atoms with Crippen molar-refractivity contribution >= 4 is 34.6 Å². The number of H-pyrrole nitrogens is 1. The molecule has 3 aromatic carbocycles. The Bertz CT molecular complexity index is 2580. The fourth-order valence-corrected chi connectivity index (χ4v) is 14.2. The molecule has 1 aromatic heterocycles. The number of nitrogens with one attached hydrogen (secondary N) is 2. The van der Waals surface area contributed by atoms with Crippen LogP contribution in [0.4, 0.5) is 0 Å². The number of hydrogen-bond acceptors (Lipinski definition) is 14. The zero-order valence-electron chi connectivity index (χ0n) is 35.0. The zero-order valence-corrected chi connectivity index (χ0v) is 35.8. The number of hydrogen-bond donors (Lipinski definition) is 4. The van der Waals surface area contributed by atoms with Crippen LogP contribution in [0.1, 0.15) is 96.4 Å². The van der Waals surface area contributed by atoms with E-state index in [1.807, 2.05) is 38.3 Å². The number of carbonyl (C=O) groups excluding carboxylic acids is 2. The summed E-state index contributed by atoms with van der Waals surface area (Å²) in [6.07, 6.45) is 3.69. The highest BCUT2D eigenvalue weighted by molar-refractivity contribution is 7.99. The van der Waals surface area contributed by atoms with Crippen molar-refractivity contribution in [2.24, 2.45) is 0 Å². The average Bonchev–Trinajstić information content (AvgIpc) is 4.00. The molecule has 6 aliphatic heterocycles. The minimum absolute atomic E-state index is 0.00431. The monoisotopic (exact) mass is 838 g/mol. The van der Waals surface area contributed by atoms with Crippen LogP contribution in [0.2, 0.25) is 0 Å². The minimum atomic E-state index is -1.37. The van der Waals surface area contributed by atoms with Gasteiger partial charge in [-0.25, -0.2) is 4.79 Å². The molecule has 4 N–H and O–H groups in total. The number of aryl methyl sites for hydroxylation is 1. The number of aliphatic hydroxyl groups is 1. The lowest BCUT2D eigenvalue weighted by molar-refractivity contribution is -0.182. The highest BCUT2D eigenvalue weighted by Gasteiger charge is 2.75. The molecule has 1 aliphatic carbocycles. The predicted molar refractivity (Wildman–Crippen MR) is 221 cm³/mol. The summed E-state index contributed by atoms with van der Waals surface area (Å²) in [4.78, 5) is 37.3. The van der Waals surface area contributed by atoms with Gasteiger partial charge >= 0.3 is 11.9 Å². The molecule has 0 amide bonds. The van der Waals surface area contributed by atoms with Crippen LogP contribution in [-0.2, 0) is 31.9 Å². The van der Waals surface area contributed by atoms with Crippen molar-refractivity contribution in [1.82, 2.24) is 20.1 Å². The van der Waals surface area contributed by atoms with Crippen molar-refractivity contribution in [3.8, 4) is 34.5 Å². The van der Waals surface area contributed by atoms with Crippen molar-refractivity contribution in [1.29, 1.82) is 0 Å². The summed E-state index contributed by atoms with van der Waals surface area (Å²) in [5.74, 6) is 1.63. The third kappa shape index (κ3) is 4.64. The molecule has 4 bridgehead atoms. The molecule has 316 valence electrons. The van der Waals surface area contributed by atoms with Crippen LogP contribution in [0.5, 0.6) is 34.5 Å². The fourth-order valence-electron chi connectivity index (χ4n) is 13.0. The van der Waals surface area contributed by atoms with Gasteiger partial charge in [-0.3, -0.25) is 19.9 Å². The SMILES string of the molecule is COc1ccc2[nH]c3c(c2c1)C[C@@H](CO)N[C@H]3C(=O)OC12C[C@@H](c3c4c(c(C)c(OC(C)=O)c31)OCO4)N1[C@H]([C@H]3c4c(cc(C)c(OC)c4O)C4(C)C[C@]1(C)CN34)[C@@H]2SC. The van der Waals surface area contributed by atoms with E-state index >= 15 is 4.79 Å². The van der Waals surface area contributed by atoms with Crippen molar-refractivity contribution < 1.29 is 48.2 Å². The summed E-state index contributed by atoms with van der Waals surface area (Å²) in [7, 11) is 3.21. The summed E-state index contributed by atoms with van der Waals surface area (Å²) in [6, 6.07) is 5.56. The van der Waals surface area contributed by atoms with Crippen molar-refractivity contribution in [3.05, 3.63) is 68.9 Å². The third-order valence-corrected chi connectivity index (χ3v) is 16.1. The predicted octanol–water partition coefficient (Wildman–Crippen LogP) is 5.46. The quantitative estimate of drug-likeness (QED) is 0.137. The molecule has 14 nitrogen and oxygen atoms in total. The van der Waals surface area contributed by atoms with E-state index in [4.69, 9.17) is 28.4 Å².